The Balaban J connectivity index is 2.32. The lowest BCUT2D eigenvalue weighted by atomic mass is 10.1. The molecule has 0 aliphatic rings. The van der Waals surface area contributed by atoms with Crippen LogP contribution >= 0.6 is 0 Å². The third-order valence-electron chi connectivity index (χ3n) is 2.84. The van der Waals surface area contributed by atoms with Crippen LogP contribution in [0.15, 0.2) is 18.2 Å². The number of aryl methyl sites for hydroxylation is 2. The van der Waals surface area contributed by atoms with Crippen molar-refractivity contribution in [3.63, 3.8) is 0 Å². The lowest BCUT2D eigenvalue weighted by molar-refractivity contribution is -0.148. The minimum atomic E-state index is -1.11. The van der Waals surface area contributed by atoms with Crippen molar-refractivity contribution in [3.8, 4) is 5.75 Å². The third-order valence-corrected chi connectivity index (χ3v) is 2.84. The van der Waals surface area contributed by atoms with E-state index in [1.807, 2.05) is 32.0 Å². The standard InChI is InChI=1S/C15H21NO5/c1-10-6-11(2)8-12(7-10)21-5-4-14(17)16-9-13(20-3)15(18)19/h6-8,13H,4-5,9H2,1-3H3,(H,16,17)(H,18,19). The summed E-state index contributed by atoms with van der Waals surface area (Å²) in [6.07, 6.45) is -0.877. The highest BCUT2D eigenvalue weighted by molar-refractivity contribution is 5.78. The third kappa shape index (κ3) is 6.27. The van der Waals surface area contributed by atoms with Crippen LogP contribution in [0.25, 0.3) is 0 Å². The van der Waals surface area contributed by atoms with Gasteiger partial charge in [-0.3, -0.25) is 4.79 Å². The number of carbonyl (C=O) groups excluding carboxylic acids is 1. The van der Waals surface area contributed by atoms with E-state index in [4.69, 9.17) is 14.6 Å². The van der Waals surface area contributed by atoms with Gasteiger partial charge in [-0.25, -0.2) is 4.79 Å². The van der Waals surface area contributed by atoms with Gasteiger partial charge in [0, 0.05) is 7.11 Å². The molecule has 6 nitrogen and oxygen atoms in total. The molecule has 0 aliphatic heterocycles. The molecule has 1 atom stereocenters. The molecule has 0 aromatic heterocycles. The Morgan fingerprint density at radius 2 is 1.86 bits per heavy atom. The molecule has 0 radical (unpaired) electrons. The Labute approximate surface area is 124 Å². The van der Waals surface area contributed by atoms with Crippen molar-refractivity contribution < 1.29 is 24.2 Å². The number of nitrogens with one attached hydrogen (secondary N) is 1. The zero-order chi connectivity index (χ0) is 15.8. The van der Waals surface area contributed by atoms with Gasteiger partial charge in [0.25, 0.3) is 0 Å². The number of hydrogen-bond acceptors (Lipinski definition) is 4. The Hall–Kier alpha value is -2.08. The number of benzene rings is 1. The summed E-state index contributed by atoms with van der Waals surface area (Å²) >= 11 is 0. The second-order valence-electron chi connectivity index (χ2n) is 4.79. The molecule has 0 bridgehead atoms. The minimum Gasteiger partial charge on any atom is -0.493 e. The minimum absolute atomic E-state index is 0.0613. The second kappa shape index (κ2) is 8.26. The molecule has 2 N–H and O–H groups in total. The van der Waals surface area contributed by atoms with E-state index in [0.717, 1.165) is 16.9 Å². The number of hydrogen-bond donors (Lipinski definition) is 2. The first-order valence-corrected chi connectivity index (χ1v) is 6.65. The van der Waals surface area contributed by atoms with E-state index in [0.29, 0.717) is 0 Å². The topological polar surface area (TPSA) is 84.9 Å². The largest absolute Gasteiger partial charge is 0.493 e. The van der Waals surface area contributed by atoms with Crippen molar-refractivity contribution in [3.05, 3.63) is 29.3 Å². The van der Waals surface area contributed by atoms with E-state index in [1.165, 1.54) is 7.11 Å². The van der Waals surface area contributed by atoms with E-state index < -0.39 is 12.1 Å². The van der Waals surface area contributed by atoms with Crippen molar-refractivity contribution >= 4 is 11.9 Å². The van der Waals surface area contributed by atoms with Gasteiger partial charge in [-0.1, -0.05) is 6.07 Å². The van der Waals surface area contributed by atoms with Crippen LogP contribution in [0.3, 0.4) is 0 Å². The predicted octanol–water partition coefficient (Wildman–Crippen LogP) is 1.29. The Kier molecular flexibility index (Phi) is 6.68. The SMILES string of the molecule is COC(CNC(=O)CCOc1cc(C)cc(C)c1)C(=O)O. The molecule has 0 heterocycles. The maximum Gasteiger partial charge on any atom is 0.334 e. The number of aliphatic carboxylic acids is 1. The molecular formula is C15H21NO5. The average Bonchev–Trinajstić information content (AvgIpc) is 2.37. The van der Waals surface area contributed by atoms with Crippen molar-refractivity contribution in [2.75, 3.05) is 20.3 Å². The summed E-state index contributed by atoms with van der Waals surface area (Å²) in [7, 11) is 1.29. The van der Waals surface area contributed by atoms with Crippen LogP contribution in [0.1, 0.15) is 17.5 Å². The van der Waals surface area contributed by atoms with E-state index in [1.54, 1.807) is 0 Å². The maximum absolute atomic E-state index is 11.6. The molecule has 116 valence electrons. The second-order valence-corrected chi connectivity index (χ2v) is 4.79. The monoisotopic (exact) mass is 295 g/mol. The van der Waals surface area contributed by atoms with Crippen LogP contribution in [0.5, 0.6) is 5.75 Å². The van der Waals surface area contributed by atoms with Crippen LogP contribution in [0, 0.1) is 13.8 Å². The van der Waals surface area contributed by atoms with Crippen molar-refractivity contribution in [1.29, 1.82) is 0 Å². The number of ether oxygens (including phenoxy) is 2. The van der Waals surface area contributed by atoms with Gasteiger partial charge in [-0.2, -0.15) is 0 Å². The van der Waals surface area contributed by atoms with Gasteiger partial charge in [-0.05, 0) is 37.1 Å². The summed E-state index contributed by atoms with van der Waals surface area (Å²) in [6.45, 7) is 4.13. The number of carboxylic acid groups (broad SMARTS) is 1. The lowest BCUT2D eigenvalue weighted by Gasteiger charge is -2.12. The number of carboxylic acids is 1. The molecule has 1 aromatic carbocycles. The van der Waals surface area contributed by atoms with Gasteiger partial charge < -0.3 is 19.9 Å². The molecule has 1 aromatic rings. The highest BCUT2D eigenvalue weighted by Gasteiger charge is 2.16. The Bertz CT molecular complexity index is 481. The van der Waals surface area contributed by atoms with Crippen molar-refractivity contribution in [2.24, 2.45) is 0 Å². The smallest absolute Gasteiger partial charge is 0.334 e. The molecular weight excluding hydrogens is 274 g/mol. The zero-order valence-corrected chi connectivity index (χ0v) is 12.5. The van der Waals surface area contributed by atoms with Gasteiger partial charge in [0.15, 0.2) is 6.10 Å². The summed E-state index contributed by atoms with van der Waals surface area (Å²) in [5.74, 6) is -0.660. The number of rotatable bonds is 8. The van der Waals surface area contributed by atoms with E-state index in [-0.39, 0.29) is 25.5 Å². The highest BCUT2D eigenvalue weighted by Crippen LogP contribution is 2.16. The zero-order valence-electron chi connectivity index (χ0n) is 12.5. The molecule has 0 saturated carbocycles. The average molecular weight is 295 g/mol. The molecule has 1 unspecified atom stereocenters. The fourth-order valence-electron chi connectivity index (χ4n) is 1.84. The summed E-state index contributed by atoms with van der Waals surface area (Å²) in [4.78, 5) is 22.3. The van der Waals surface area contributed by atoms with Crippen LogP contribution in [0.2, 0.25) is 0 Å². The number of amides is 1. The molecule has 0 fully saturated rings. The lowest BCUT2D eigenvalue weighted by Crippen LogP contribution is -2.38. The van der Waals surface area contributed by atoms with E-state index in [2.05, 4.69) is 5.32 Å². The first-order valence-electron chi connectivity index (χ1n) is 6.65. The Morgan fingerprint density at radius 3 is 2.38 bits per heavy atom. The summed E-state index contributed by atoms with van der Waals surface area (Å²) < 4.78 is 10.2. The molecule has 0 spiro atoms. The van der Waals surface area contributed by atoms with Crippen molar-refractivity contribution in [2.45, 2.75) is 26.4 Å². The first kappa shape index (κ1) is 17.0. The van der Waals surface area contributed by atoms with Crippen LogP contribution in [-0.4, -0.2) is 43.3 Å². The van der Waals surface area contributed by atoms with E-state index >= 15 is 0 Å². The number of methoxy groups -OCH3 is 1. The van der Waals surface area contributed by atoms with Crippen LogP contribution < -0.4 is 10.1 Å². The predicted molar refractivity (Wildman–Crippen MR) is 77.5 cm³/mol. The molecule has 1 amide bonds. The highest BCUT2D eigenvalue weighted by atomic mass is 16.5. The van der Waals surface area contributed by atoms with Crippen molar-refractivity contribution in [1.82, 2.24) is 5.32 Å². The summed E-state index contributed by atoms with van der Waals surface area (Å²) in [6, 6.07) is 5.84. The van der Waals surface area contributed by atoms with E-state index in [9.17, 15) is 9.59 Å². The van der Waals surface area contributed by atoms with Gasteiger partial charge in [-0.15, -0.1) is 0 Å². The van der Waals surface area contributed by atoms with Gasteiger partial charge >= 0.3 is 5.97 Å². The molecule has 0 saturated heterocycles. The quantitative estimate of drug-likeness (QED) is 0.755. The van der Waals surface area contributed by atoms with Gasteiger partial charge in [0.2, 0.25) is 5.91 Å². The van der Waals surface area contributed by atoms with Crippen LogP contribution in [0.4, 0.5) is 0 Å². The molecule has 6 heteroatoms. The fraction of sp³-hybridized carbons (Fsp3) is 0.467. The maximum atomic E-state index is 11.6. The molecule has 0 aliphatic carbocycles. The normalized spacial score (nSPS) is 11.8. The first-order chi connectivity index (χ1) is 9.92. The summed E-state index contributed by atoms with van der Waals surface area (Å²) in [5.41, 5.74) is 2.19. The summed E-state index contributed by atoms with van der Waals surface area (Å²) in [5, 5.41) is 11.3. The van der Waals surface area contributed by atoms with Gasteiger partial charge in [0.1, 0.15) is 5.75 Å². The van der Waals surface area contributed by atoms with Gasteiger partial charge in [0.05, 0.1) is 19.6 Å². The molecule has 21 heavy (non-hydrogen) atoms. The van der Waals surface area contributed by atoms with Crippen LogP contribution in [-0.2, 0) is 14.3 Å². The fourth-order valence-corrected chi connectivity index (χ4v) is 1.84. The number of carbonyl (C=O) groups is 2. The Morgan fingerprint density at radius 1 is 1.24 bits per heavy atom. The molecule has 1 rings (SSSR count).